The van der Waals surface area contributed by atoms with Crippen LogP contribution in [0.2, 0.25) is 0 Å². The van der Waals surface area contributed by atoms with Crippen LogP contribution in [0.25, 0.3) is 0 Å². The molecule has 114 valence electrons. The Morgan fingerprint density at radius 1 is 0.870 bits per heavy atom. The molecule has 0 heterocycles. The Morgan fingerprint density at radius 2 is 1.52 bits per heavy atom. The van der Waals surface area contributed by atoms with Gasteiger partial charge in [0.05, 0.1) is 0 Å². The molecular weight excluding hydrogens is 304 g/mol. The monoisotopic (exact) mass is 320 g/mol. The van der Waals surface area contributed by atoms with Crippen LogP contribution in [0.15, 0.2) is 88.7 Å². The predicted octanol–water partition coefficient (Wildman–Crippen LogP) is 4.67. The minimum atomic E-state index is -0.167. The maximum Gasteiger partial charge on any atom is 0.255 e. The molecule has 0 radical (unpaired) electrons. The number of para-hydroxylation sites is 1. The normalized spacial score (nSPS) is 10.3. The second-order valence-corrected chi connectivity index (χ2v) is 6.10. The fourth-order valence-electron chi connectivity index (χ4n) is 2.12. The number of hydrogen-bond acceptors (Lipinski definition) is 3. The first kappa shape index (κ1) is 15.2. The number of amides is 1. The van der Waals surface area contributed by atoms with Gasteiger partial charge in [-0.15, -0.1) is 0 Å². The zero-order valence-corrected chi connectivity index (χ0v) is 13.2. The van der Waals surface area contributed by atoms with Crippen LogP contribution in [-0.2, 0) is 0 Å². The molecule has 3 nitrogen and oxygen atoms in total. The van der Waals surface area contributed by atoms with Gasteiger partial charge in [0, 0.05) is 26.7 Å². The summed E-state index contributed by atoms with van der Waals surface area (Å²) in [6, 6.07) is 24.7. The third-order valence-electron chi connectivity index (χ3n) is 3.27. The molecule has 1 amide bonds. The van der Waals surface area contributed by atoms with E-state index in [9.17, 15) is 4.79 Å². The van der Waals surface area contributed by atoms with E-state index in [0.29, 0.717) is 11.3 Å². The standard InChI is InChI=1S/C19H16N2OS/c20-17-13-14(19(22)21-15-7-3-1-4-8-15)11-12-18(17)23-16-9-5-2-6-10-16/h1-13H,20H2,(H,21,22). The zero-order chi connectivity index (χ0) is 16.1. The van der Waals surface area contributed by atoms with E-state index in [2.05, 4.69) is 5.32 Å². The van der Waals surface area contributed by atoms with Crippen LogP contribution >= 0.6 is 11.8 Å². The van der Waals surface area contributed by atoms with Gasteiger partial charge in [0.25, 0.3) is 5.91 Å². The molecule has 4 heteroatoms. The van der Waals surface area contributed by atoms with E-state index in [4.69, 9.17) is 5.73 Å². The van der Waals surface area contributed by atoms with Gasteiger partial charge in [-0.1, -0.05) is 48.2 Å². The Labute approximate surface area is 139 Å². The smallest absolute Gasteiger partial charge is 0.255 e. The van der Waals surface area contributed by atoms with Gasteiger partial charge >= 0.3 is 0 Å². The van der Waals surface area contributed by atoms with Crippen LogP contribution in [0.4, 0.5) is 11.4 Å². The quantitative estimate of drug-likeness (QED) is 0.687. The van der Waals surface area contributed by atoms with Gasteiger partial charge in [0.2, 0.25) is 0 Å². The molecule has 0 atom stereocenters. The topological polar surface area (TPSA) is 55.1 Å². The summed E-state index contributed by atoms with van der Waals surface area (Å²) in [5, 5.41) is 2.85. The maximum atomic E-state index is 12.3. The molecule has 3 aromatic carbocycles. The summed E-state index contributed by atoms with van der Waals surface area (Å²) in [6.45, 7) is 0. The molecule has 3 N–H and O–H groups in total. The first-order valence-corrected chi connectivity index (χ1v) is 8.03. The number of anilines is 2. The number of benzene rings is 3. The number of nitrogens with one attached hydrogen (secondary N) is 1. The summed E-state index contributed by atoms with van der Waals surface area (Å²) < 4.78 is 0. The van der Waals surface area contributed by atoms with Crippen LogP contribution in [0.1, 0.15) is 10.4 Å². The van der Waals surface area contributed by atoms with E-state index in [1.165, 1.54) is 0 Å². The second kappa shape index (κ2) is 7.03. The minimum Gasteiger partial charge on any atom is -0.398 e. The molecule has 0 aliphatic rings. The van der Waals surface area contributed by atoms with Crippen LogP contribution < -0.4 is 11.1 Å². The highest BCUT2D eigenvalue weighted by atomic mass is 32.2. The Kier molecular flexibility index (Phi) is 4.64. The first-order chi connectivity index (χ1) is 11.2. The van der Waals surface area contributed by atoms with Gasteiger partial charge < -0.3 is 11.1 Å². The molecule has 0 saturated carbocycles. The highest BCUT2D eigenvalue weighted by Gasteiger charge is 2.09. The lowest BCUT2D eigenvalue weighted by Crippen LogP contribution is -2.12. The van der Waals surface area contributed by atoms with Crippen LogP contribution in [0, 0.1) is 0 Å². The van der Waals surface area contributed by atoms with Crippen molar-refractivity contribution in [1.29, 1.82) is 0 Å². The molecule has 0 unspecified atom stereocenters. The molecule has 0 bridgehead atoms. The molecule has 0 spiro atoms. The molecule has 0 fully saturated rings. The summed E-state index contributed by atoms with van der Waals surface area (Å²) >= 11 is 1.58. The van der Waals surface area contributed by atoms with Crippen molar-refractivity contribution in [2.45, 2.75) is 9.79 Å². The van der Waals surface area contributed by atoms with Crippen LogP contribution in [0.3, 0.4) is 0 Å². The predicted molar refractivity (Wildman–Crippen MR) is 95.8 cm³/mol. The van der Waals surface area contributed by atoms with Crippen molar-refractivity contribution in [1.82, 2.24) is 0 Å². The zero-order valence-electron chi connectivity index (χ0n) is 12.4. The van der Waals surface area contributed by atoms with Crippen LogP contribution in [-0.4, -0.2) is 5.91 Å². The average molecular weight is 320 g/mol. The summed E-state index contributed by atoms with van der Waals surface area (Å²) in [5.41, 5.74) is 8.00. The number of carbonyl (C=O) groups is 1. The Balaban J connectivity index is 1.75. The van der Waals surface area contributed by atoms with Crippen molar-refractivity contribution in [3.8, 4) is 0 Å². The number of carbonyl (C=O) groups excluding carboxylic acids is 1. The van der Waals surface area contributed by atoms with E-state index in [0.717, 1.165) is 15.5 Å². The van der Waals surface area contributed by atoms with Crippen molar-refractivity contribution in [3.05, 3.63) is 84.4 Å². The van der Waals surface area contributed by atoms with E-state index >= 15 is 0 Å². The maximum absolute atomic E-state index is 12.3. The molecule has 0 aromatic heterocycles. The highest BCUT2D eigenvalue weighted by molar-refractivity contribution is 7.99. The van der Waals surface area contributed by atoms with E-state index in [1.807, 2.05) is 66.7 Å². The van der Waals surface area contributed by atoms with Crippen molar-refractivity contribution in [3.63, 3.8) is 0 Å². The average Bonchev–Trinajstić information content (AvgIpc) is 2.58. The lowest BCUT2D eigenvalue weighted by atomic mass is 10.2. The van der Waals surface area contributed by atoms with Crippen molar-refractivity contribution >= 4 is 29.0 Å². The van der Waals surface area contributed by atoms with Crippen LogP contribution in [0.5, 0.6) is 0 Å². The Hall–Kier alpha value is -2.72. The Morgan fingerprint density at radius 3 is 2.17 bits per heavy atom. The van der Waals surface area contributed by atoms with E-state index in [-0.39, 0.29) is 5.91 Å². The number of hydrogen-bond donors (Lipinski definition) is 2. The minimum absolute atomic E-state index is 0.167. The van der Waals surface area contributed by atoms with Gasteiger partial charge in [0.15, 0.2) is 0 Å². The molecule has 0 aliphatic heterocycles. The third-order valence-corrected chi connectivity index (χ3v) is 4.37. The molecule has 0 saturated heterocycles. The number of rotatable bonds is 4. The number of nitrogen functional groups attached to an aromatic ring is 1. The molecular formula is C19H16N2OS. The van der Waals surface area contributed by atoms with Gasteiger partial charge in [-0.3, -0.25) is 4.79 Å². The summed E-state index contributed by atoms with van der Waals surface area (Å²) in [7, 11) is 0. The summed E-state index contributed by atoms with van der Waals surface area (Å²) in [6.07, 6.45) is 0. The van der Waals surface area contributed by atoms with Gasteiger partial charge in [0.1, 0.15) is 0 Å². The lowest BCUT2D eigenvalue weighted by molar-refractivity contribution is 0.102. The second-order valence-electron chi connectivity index (χ2n) is 4.99. The van der Waals surface area contributed by atoms with E-state index in [1.54, 1.807) is 23.9 Å². The summed E-state index contributed by atoms with van der Waals surface area (Å²) in [4.78, 5) is 14.3. The summed E-state index contributed by atoms with van der Waals surface area (Å²) in [5.74, 6) is -0.167. The number of nitrogens with two attached hydrogens (primary N) is 1. The highest BCUT2D eigenvalue weighted by Crippen LogP contribution is 2.32. The van der Waals surface area contributed by atoms with Gasteiger partial charge in [-0.2, -0.15) is 0 Å². The third kappa shape index (κ3) is 3.93. The molecule has 23 heavy (non-hydrogen) atoms. The molecule has 3 aromatic rings. The Bertz CT molecular complexity index is 804. The van der Waals surface area contributed by atoms with Gasteiger partial charge in [-0.25, -0.2) is 0 Å². The fraction of sp³-hybridized carbons (Fsp3) is 0. The van der Waals surface area contributed by atoms with E-state index < -0.39 is 0 Å². The molecule has 0 aliphatic carbocycles. The lowest BCUT2D eigenvalue weighted by Gasteiger charge is -2.09. The van der Waals surface area contributed by atoms with Crippen molar-refractivity contribution < 1.29 is 4.79 Å². The SMILES string of the molecule is Nc1cc(C(=O)Nc2ccccc2)ccc1Sc1ccccc1. The van der Waals surface area contributed by atoms with Gasteiger partial charge in [-0.05, 0) is 42.5 Å². The first-order valence-electron chi connectivity index (χ1n) is 7.21. The van der Waals surface area contributed by atoms with Crippen molar-refractivity contribution in [2.24, 2.45) is 0 Å². The molecule has 3 rings (SSSR count). The fourth-order valence-corrected chi connectivity index (χ4v) is 2.98. The largest absolute Gasteiger partial charge is 0.398 e. The van der Waals surface area contributed by atoms with Crippen molar-refractivity contribution in [2.75, 3.05) is 11.1 Å².